The van der Waals surface area contributed by atoms with Gasteiger partial charge in [-0.2, -0.15) is 0 Å². The summed E-state index contributed by atoms with van der Waals surface area (Å²) in [7, 11) is 0. The van der Waals surface area contributed by atoms with Crippen LogP contribution in [0.1, 0.15) is 27.2 Å². The largest absolute Gasteiger partial charge is 0.187 e. The lowest BCUT2D eigenvalue weighted by molar-refractivity contribution is 0.923. The molecule has 0 amide bonds. The van der Waals surface area contributed by atoms with Gasteiger partial charge in [-0.1, -0.05) is 27.2 Å². The van der Waals surface area contributed by atoms with Crippen molar-refractivity contribution in [1.29, 1.82) is 0 Å². The summed E-state index contributed by atoms with van der Waals surface area (Å²) in [4.78, 5) is 0. The van der Waals surface area contributed by atoms with Crippen LogP contribution < -0.4 is 0 Å². The summed E-state index contributed by atoms with van der Waals surface area (Å²) in [5, 5.41) is 0. The molecule has 0 fully saturated rings. The van der Waals surface area contributed by atoms with Crippen molar-refractivity contribution in [2.75, 3.05) is 0 Å². The highest BCUT2D eigenvalue weighted by Gasteiger charge is 1.80. The summed E-state index contributed by atoms with van der Waals surface area (Å²) >= 11 is 0. The second-order valence-electron chi connectivity index (χ2n) is 1.56. The molecule has 0 saturated heterocycles. The lowest BCUT2D eigenvalue weighted by atomic mass is 10.2. The van der Waals surface area contributed by atoms with Gasteiger partial charge in [0.25, 0.3) is 0 Å². The summed E-state index contributed by atoms with van der Waals surface area (Å²) < 4.78 is 0. The summed E-state index contributed by atoms with van der Waals surface area (Å²) in [6, 6.07) is 0. The lowest BCUT2D eigenvalue weighted by Gasteiger charge is -1.89. The van der Waals surface area contributed by atoms with Crippen molar-refractivity contribution < 1.29 is 0 Å². The van der Waals surface area contributed by atoms with E-state index >= 15 is 0 Å². The third kappa shape index (κ3) is 8.82. The Bertz CT molecular complexity index is 17.9. The molecule has 1 radical (unpaired) electrons. The molecule has 0 heterocycles. The molecule has 0 N–H and O–H groups in total. The Hall–Kier alpha value is 0.532. The van der Waals surface area contributed by atoms with Crippen LogP contribution in [0, 0.1) is 5.92 Å². The molecule has 0 aromatic heterocycles. The zero-order chi connectivity index (χ0) is 4.28. The van der Waals surface area contributed by atoms with Crippen LogP contribution in [0.15, 0.2) is 0 Å². The zero-order valence-corrected chi connectivity index (χ0v) is 4.21. The zero-order valence-electron chi connectivity index (χ0n) is 4.21. The molecule has 0 aliphatic rings. The minimum absolute atomic E-state index is 0. The summed E-state index contributed by atoms with van der Waals surface area (Å²) in [6.07, 6.45) is 1.22. The number of hydrogen-bond donors (Lipinski definition) is 0. The van der Waals surface area contributed by atoms with Crippen LogP contribution in [0.2, 0.25) is 0 Å². The molecule has 1 heteroatoms. The Balaban J connectivity index is 0. The van der Waals surface area contributed by atoms with E-state index in [4.69, 9.17) is 0 Å². The molecule has 6 heavy (non-hydrogen) atoms. The molecule has 0 spiro atoms. The molecule has 0 unspecified atom stereocenters. The van der Waals surface area contributed by atoms with E-state index in [0.717, 1.165) is 0 Å². The monoisotopic (exact) mass is 101 g/mol. The summed E-state index contributed by atoms with van der Waals surface area (Å²) in [5.41, 5.74) is 0. The van der Waals surface area contributed by atoms with Gasteiger partial charge in [0, 0.05) is 0 Å². The van der Waals surface area contributed by atoms with Crippen LogP contribution in [0.3, 0.4) is 0 Å². The van der Waals surface area contributed by atoms with Crippen LogP contribution in [0.5, 0.6) is 0 Å². The van der Waals surface area contributed by atoms with E-state index in [1.165, 1.54) is 12.3 Å². The average molecular weight is 101 g/mol. The second kappa shape index (κ2) is 5.53. The summed E-state index contributed by atoms with van der Waals surface area (Å²) in [5.74, 6) is 1.50. The van der Waals surface area contributed by atoms with Gasteiger partial charge in [-0.15, -0.1) is 0 Å². The fourth-order valence-corrected chi connectivity index (χ4v) is 0. The van der Waals surface area contributed by atoms with E-state index in [1.807, 2.05) is 0 Å². The minimum Gasteiger partial charge on any atom is -0.0649 e. The first-order valence-corrected chi connectivity index (χ1v) is 2.06. The van der Waals surface area contributed by atoms with Crippen LogP contribution in [-0.4, -0.2) is 17.4 Å². The third-order valence-electron chi connectivity index (χ3n) is 0.707. The molecular formula is C5H14Al. The maximum Gasteiger partial charge on any atom is 0.187 e. The molecule has 0 bridgehead atoms. The fraction of sp³-hybridized carbons (Fsp3) is 0.800. The Morgan fingerprint density at radius 1 is 1.33 bits per heavy atom. The molecule has 0 rings (SSSR count). The van der Waals surface area contributed by atoms with E-state index in [0.29, 0.717) is 0 Å². The van der Waals surface area contributed by atoms with Crippen LogP contribution in [0.4, 0.5) is 0 Å². The first-order valence-electron chi connectivity index (χ1n) is 2.06. The maximum absolute atomic E-state index is 2.16. The van der Waals surface area contributed by atoms with Gasteiger partial charge in [0.2, 0.25) is 0 Å². The Morgan fingerprint density at radius 2 is 1.50 bits per heavy atom. The van der Waals surface area contributed by atoms with Gasteiger partial charge in [0.05, 0.1) is 0 Å². The minimum atomic E-state index is 0. The SMILES string of the molecule is CC[C](C)C.[AlH3]. The van der Waals surface area contributed by atoms with Crippen molar-refractivity contribution in [3.05, 3.63) is 5.92 Å². The first kappa shape index (κ1) is 9.73. The molecule has 0 aromatic carbocycles. The van der Waals surface area contributed by atoms with Gasteiger partial charge >= 0.3 is 0 Å². The second-order valence-corrected chi connectivity index (χ2v) is 1.56. The predicted molar refractivity (Wildman–Crippen MR) is 34.8 cm³/mol. The smallest absolute Gasteiger partial charge is 0.0649 e. The van der Waals surface area contributed by atoms with Gasteiger partial charge in [-0.25, -0.2) is 0 Å². The topological polar surface area (TPSA) is 0 Å². The fourth-order valence-electron chi connectivity index (χ4n) is 0. The van der Waals surface area contributed by atoms with E-state index < -0.39 is 0 Å². The average Bonchev–Trinajstić information content (AvgIpc) is 1.38. The van der Waals surface area contributed by atoms with Crippen LogP contribution >= 0.6 is 0 Å². The number of rotatable bonds is 1. The molecule has 0 aliphatic heterocycles. The highest BCUT2D eigenvalue weighted by molar-refractivity contribution is 5.75. The van der Waals surface area contributed by atoms with Gasteiger partial charge < -0.3 is 0 Å². The molecule has 0 nitrogen and oxygen atoms in total. The van der Waals surface area contributed by atoms with Crippen molar-refractivity contribution in [3.63, 3.8) is 0 Å². The molecule has 0 aromatic rings. The van der Waals surface area contributed by atoms with Gasteiger partial charge in [-0.3, -0.25) is 0 Å². The molecule has 0 atom stereocenters. The van der Waals surface area contributed by atoms with Crippen molar-refractivity contribution in [2.45, 2.75) is 27.2 Å². The highest BCUT2D eigenvalue weighted by Crippen LogP contribution is 1.97. The summed E-state index contributed by atoms with van der Waals surface area (Å²) in [6.45, 7) is 6.44. The van der Waals surface area contributed by atoms with Crippen molar-refractivity contribution in [2.24, 2.45) is 0 Å². The third-order valence-corrected chi connectivity index (χ3v) is 0.707. The van der Waals surface area contributed by atoms with E-state index in [1.54, 1.807) is 0 Å². The lowest BCUT2D eigenvalue weighted by Crippen LogP contribution is -1.73. The van der Waals surface area contributed by atoms with Gasteiger partial charge in [0.15, 0.2) is 17.4 Å². The molecule has 0 saturated carbocycles. The highest BCUT2D eigenvalue weighted by atomic mass is 27.0. The molecule has 37 valence electrons. The molecular weight excluding hydrogens is 87.0 g/mol. The van der Waals surface area contributed by atoms with E-state index in [-0.39, 0.29) is 17.4 Å². The maximum atomic E-state index is 2.16. The van der Waals surface area contributed by atoms with Crippen LogP contribution in [0.25, 0.3) is 0 Å². The van der Waals surface area contributed by atoms with Crippen molar-refractivity contribution >= 4 is 17.4 Å². The van der Waals surface area contributed by atoms with E-state index in [2.05, 4.69) is 20.8 Å². The quantitative estimate of drug-likeness (QED) is 0.429. The normalized spacial score (nSPS) is 8.00. The van der Waals surface area contributed by atoms with Gasteiger partial charge in [0.1, 0.15) is 0 Å². The van der Waals surface area contributed by atoms with E-state index in [9.17, 15) is 0 Å². The van der Waals surface area contributed by atoms with Crippen LogP contribution in [-0.2, 0) is 0 Å². The van der Waals surface area contributed by atoms with Crippen molar-refractivity contribution in [3.8, 4) is 0 Å². The standard InChI is InChI=1S/C5H11.Al.3H/c1-4-5(2)3;;;;/h4H2,1-3H3;;;;. The Morgan fingerprint density at radius 3 is 1.50 bits per heavy atom. The van der Waals surface area contributed by atoms with Crippen molar-refractivity contribution in [1.82, 2.24) is 0 Å². The number of hydrogen-bond acceptors (Lipinski definition) is 0. The molecule has 0 aliphatic carbocycles. The van der Waals surface area contributed by atoms with Gasteiger partial charge in [-0.05, 0) is 5.92 Å². The Labute approximate surface area is 51.1 Å². The predicted octanol–water partition coefficient (Wildman–Crippen LogP) is 0.827. The first-order chi connectivity index (χ1) is 2.27. The Kier molecular flexibility index (Phi) is 8.97.